The van der Waals surface area contributed by atoms with Crippen LogP contribution in [-0.4, -0.2) is 11.9 Å². The molecule has 0 saturated carbocycles. The first-order valence-electron chi connectivity index (χ1n) is 9.81. The molecule has 0 bridgehead atoms. The van der Waals surface area contributed by atoms with Crippen LogP contribution in [0.2, 0.25) is 0 Å². The Bertz CT molecular complexity index is 1150. The van der Waals surface area contributed by atoms with Crippen molar-refractivity contribution >= 4 is 11.9 Å². The topological polar surface area (TPSA) is 52.6 Å². The molecule has 0 aliphatic heterocycles. The Balaban J connectivity index is 1.75. The summed E-state index contributed by atoms with van der Waals surface area (Å²) in [7, 11) is 0. The van der Waals surface area contributed by atoms with Crippen LogP contribution in [0.15, 0.2) is 91.0 Å². The zero-order chi connectivity index (χ0) is 22.5. The third kappa shape index (κ3) is 5.37. The zero-order valence-electron chi connectivity index (χ0n) is 17.9. The lowest BCUT2D eigenvalue weighted by molar-refractivity contribution is -0.131. The summed E-state index contributed by atoms with van der Waals surface area (Å²) in [6.07, 6.45) is 0. The largest absolute Gasteiger partial charge is 0.423 e. The lowest BCUT2D eigenvalue weighted by atomic mass is 9.99. The SMILES string of the molecule is C=C(C)C(=O)Oc1ccc(-c2ccc(-c3ccc(OC(=O)C(=C)C)c(C)c3)cc2)cc1. The van der Waals surface area contributed by atoms with Gasteiger partial charge < -0.3 is 9.47 Å². The van der Waals surface area contributed by atoms with Gasteiger partial charge in [0.25, 0.3) is 0 Å². The highest BCUT2D eigenvalue weighted by Gasteiger charge is 2.10. The van der Waals surface area contributed by atoms with Crippen LogP contribution in [0.5, 0.6) is 11.5 Å². The van der Waals surface area contributed by atoms with E-state index in [-0.39, 0.29) is 0 Å². The zero-order valence-corrected chi connectivity index (χ0v) is 17.9. The Labute approximate surface area is 182 Å². The maximum Gasteiger partial charge on any atom is 0.338 e. The van der Waals surface area contributed by atoms with Crippen molar-refractivity contribution in [2.24, 2.45) is 0 Å². The van der Waals surface area contributed by atoms with Crippen LogP contribution in [0.4, 0.5) is 0 Å². The van der Waals surface area contributed by atoms with Gasteiger partial charge >= 0.3 is 11.9 Å². The smallest absolute Gasteiger partial charge is 0.338 e. The van der Waals surface area contributed by atoms with Gasteiger partial charge in [0.05, 0.1) is 0 Å². The molecule has 4 nitrogen and oxygen atoms in total. The summed E-state index contributed by atoms with van der Waals surface area (Å²) in [6.45, 7) is 12.3. The molecule has 0 N–H and O–H groups in total. The Hall–Kier alpha value is -3.92. The Morgan fingerprint density at radius 1 is 0.645 bits per heavy atom. The van der Waals surface area contributed by atoms with Crippen molar-refractivity contribution in [3.63, 3.8) is 0 Å². The van der Waals surface area contributed by atoms with E-state index in [2.05, 4.69) is 13.2 Å². The molecule has 0 atom stereocenters. The van der Waals surface area contributed by atoms with Crippen LogP contribution in [0.1, 0.15) is 19.4 Å². The fourth-order valence-electron chi connectivity index (χ4n) is 2.90. The second kappa shape index (κ2) is 9.26. The summed E-state index contributed by atoms with van der Waals surface area (Å²) in [6, 6.07) is 21.2. The Kier molecular flexibility index (Phi) is 6.51. The van der Waals surface area contributed by atoms with Crippen LogP contribution < -0.4 is 9.47 Å². The summed E-state index contributed by atoms with van der Waals surface area (Å²) in [5, 5.41) is 0. The number of aryl methyl sites for hydroxylation is 1. The fourth-order valence-corrected chi connectivity index (χ4v) is 2.90. The van der Waals surface area contributed by atoms with Gasteiger partial charge in [-0.25, -0.2) is 9.59 Å². The van der Waals surface area contributed by atoms with E-state index >= 15 is 0 Å². The highest BCUT2D eigenvalue weighted by Crippen LogP contribution is 2.29. The average Bonchev–Trinajstić information content (AvgIpc) is 2.75. The lowest BCUT2D eigenvalue weighted by Gasteiger charge is -2.10. The van der Waals surface area contributed by atoms with Crippen LogP contribution in [-0.2, 0) is 9.59 Å². The van der Waals surface area contributed by atoms with Crippen molar-refractivity contribution in [1.82, 2.24) is 0 Å². The van der Waals surface area contributed by atoms with E-state index in [1.807, 2.05) is 55.5 Å². The molecule has 0 spiro atoms. The van der Waals surface area contributed by atoms with Gasteiger partial charge in [0.2, 0.25) is 0 Å². The van der Waals surface area contributed by atoms with Gasteiger partial charge in [0.1, 0.15) is 11.5 Å². The molecule has 0 heterocycles. The minimum Gasteiger partial charge on any atom is -0.423 e. The van der Waals surface area contributed by atoms with Gasteiger partial charge in [-0.3, -0.25) is 0 Å². The van der Waals surface area contributed by atoms with E-state index in [9.17, 15) is 9.59 Å². The normalized spacial score (nSPS) is 10.3. The number of esters is 2. The maximum atomic E-state index is 11.7. The predicted molar refractivity (Wildman–Crippen MR) is 123 cm³/mol. The predicted octanol–water partition coefficient (Wildman–Crippen LogP) is 6.29. The minimum atomic E-state index is -0.437. The summed E-state index contributed by atoms with van der Waals surface area (Å²) in [4.78, 5) is 23.4. The van der Waals surface area contributed by atoms with E-state index in [1.165, 1.54) is 0 Å². The molecule has 0 saturated heterocycles. The second-order valence-electron chi connectivity index (χ2n) is 7.42. The number of rotatable bonds is 6. The molecule has 0 radical (unpaired) electrons. The monoisotopic (exact) mass is 412 g/mol. The summed E-state index contributed by atoms with van der Waals surface area (Å²) in [5.74, 6) is 0.144. The molecule has 3 rings (SSSR count). The van der Waals surface area contributed by atoms with E-state index in [0.29, 0.717) is 22.6 Å². The Morgan fingerprint density at radius 3 is 1.55 bits per heavy atom. The van der Waals surface area contributed by atoms with Crippen molar-refractivity contribution in [2.45, 2.75) is 20.8 Å². The Morgan fingerprint density at radius 2 is 1.06 bits per heavy atom. The first-order chi connectivity index (χ1) is 14.7. The number of carbonyl (C=O) groups is 2. The molecule has 4 heteroatoms. The molecule has 0 aromatic heterocycles. The number of ether oxygens (including phenoxy) is 2. The third-order valence-electron chi connectivity index (χ3n) is 4.69. The number of carbonyl (C=O) groups excluding carboxylic acids is 2. The third-order valence-corrected chi connectivity index (χ3v) is 4.69. The molecule has 0 unspecified atom stereocenters. The lowest BCUT2D eigenvalue weighted by Crippen LogP contribution is -2.09. The molecule has 0 aliphatic rings. The van der Waals surface area contributed by atoms with Crippen LogP contribution in [0, 0.1) is 6.92 Å². The summed E-state index contributed by atoms with van der Waals surface area (Å²) < 4.78 is 10.6. The number of hydrogen-bond acceptors (Lipinski definition) is 4. The first kappa shape index (κ1) is 21.8. The van der Waals surface area contributed by atoms with Crippen molar-refractivity contribution in [2.75, 3.05) is 0 Å². The molecule has 3 aromatic carbocycles. The standard InChI is InChI=1S/C27H24O4/c1-17(2)26(28)30-24-13-10-21(11-14-24)20-6-8-22(9-7-20)23-12-15-25(19(5)16-23)31-27(29)18(3)4/h6-16H,1,3H2,2,4-5H3. The van der Waals surface area contributed by atoms with Crippen molar-refractivity contribution in [1.29, 1.82) is 0 Å². The number of hydrogen-bond donors (Lipinski definition) is 0. The quantitative estimate of drug-likeness (QED) is 0.271. The molecular formula is C27H24O4. The molecular weight excluding hydrogens is 388 g/mol. The molecule has 0 amide bonds. The van der Waals surface area contributed by atoms with Crippen molar-refractivity contribution in [3.05, 3.63) is 96.6 Å². The molecule has 0 fully saturated rings. The van der Waals surface area contributed by atoms with Gasteiger partial charge in [-0.05, 0) is 72.9 Å². The highest BCUT2D eigenvalue weighted by molar-refractivity contribution is 5.89. The van der Waals surface area contributed by atoms with Gasteiger partial charge in [-0.1, -0.05) is 55.6 Å². The van der Waals surface area contributed by atoms with Gasteiger partial charge in [0.15, 0.2) is 0 Å². The van der Waals surface area contributed by atoms with Crippen molar-refractivity contribution in [3.8, 4) is 33.8 Å². The molecule has 156 valence electrons. The van der Waals surface area contributed by atoms with E-state index in [0.717, 1.165) is 27.8 Å². The minimum absolute atomic E-state index is 0.358. The van der Waals surface area contributed by atoms with Gasteiger partial charge in [-0.15, -0.1) is 0 Å². The molecule has 31 heavy (non-hydrogen) atoms. The summed E-state index contributed by atoms with van der Waals surface area (Å²) >= 11 is 0. The second-order valence-corrected chi connectivity index (χ2v) is 7.42. The first-order valence-corrected chi connectivity index (χ1v) is 9.81. The van der Waals surface area contributed by atoms with Crippen LogP contribution >= 0.6 is 0 Å². The van der Waals surface area contributed by atoms with Crippen molar-refractivity contribution < 1.29 is 19.1 Å². The fraction of sp³-hybridized carbons (Fsp3) is 0.111. The number of benzene rings is 3. The molecule has 3 aromatic rings. The molecule has 0 aliphatic carbocycles. The van der Waals surface area contributed by atoms with Gasteiger partial charge in [-0.2, -0.15) is 0 Å². The highest BCUT2D eigenvalue weighted by atomic mass is 16.5. The van der Waals surface area contributed by atoms with Crippen LogP contribution in [0.25, 0.3) is 22.3 Å². The average molecular weight is 412 g/mol. The maximum absolute atomic E-state index is 11.7. The van der Waals surface area contributed by atoms with Crippen LogP contribution in [0.3, 0.4) is 0 Å². The van der Waals surface area contributed by atoms with E-state index in [4.69, 9.17) is 9.47 Å². The van der Waals surface area contributed by atoms with E-state index < -0.39 is 11.9 Å². The van der Waals surface area contributed by atoms with E-state index in [1.54, 1.807) is 32.0 Å². The van der Waals surface area contributed by atoms with Gasteiger partial charge in [0, 0.05) is 11.1 Å². The summed E-state index contributed by atoms with van der Waals surface area (Å²) in [5.41, 5.74) is 5.73.